The number of rotatable bonds is 5. The Kier molecular flexibility index (Phi) is 4.48. The van der Waals surface area contributed by atoms with Crippen LogP contribution in [0.2, 0.25) is 0 Å². The highest BCUT2D eigenvalue weighted by Crippen LogP contribution is 2.16. The van der Waals surface area contributed by atoms with Gasteiger partial charge in [-0.05, 0) is 43.7 Å². The molecule has 2 N–H and O–H groups in total. The summed E-state index contributed by atoms with van der Waals surface area (Å²) >= 11 is 0. The van der Waals surface area contributed by atoms with Crippen molar-refractivity contribution in [1.29, 1.82) is 0 Å². The summed E-state index contributed by atoms with van der Waals surface area (Å²) in [5, 5.41) is 17.1. The number of carbonyl (C=O) groups excluding carboxylic acids is 1. The van der Waals surface area contributed by atoms with E-state index in [1.165, 1.54) is 0 Å². The molecular formula is C18H19N3O3. The molecule has 124 valence electrons. The van der Waals surface area contributed by atoms with Crippen molar-refractivity contribution in [2.24, 2.45) is 0 Å². The lowest BCUT2D eigenvalue weighted by Crippen LogP contribution is -2.28. The molecule has 0 radical (unpaired) electrons. The van der Waals surface area contributed by atoms with Gasteiger partial charge in [0.2, 0.25) is 0 Å². The average Bonchev–Trinajstić information content (AvgIpc) is 3.22. The van der Waals surface area contributed by atoms with Crippen molar-refractivity contribution in [3.63, 3.8) is 0 Å². The third-order valence-electron chi connectivity index (χ3n) is 3.79. The Labute approximate surface area is 139 Å². The standard InChI is InChI=1S/C18H19N3O3/c1-12-10-16(13(2)24-12)18(23)19-11-17(22)14-4-6-15(7-5-14)21-9-3-8-20-21/h3-10,17,22H,11H2,1-2H3,(H,19,23). The summed E-state index contributed by atoms with van der Waals surface area (Å²) in [6.07, 6.45) is 2.77. The second-order valence-electron chi connectivity index (χ2n) is 5.59. The number of carbonyl (C=O) groups is 1. The number of amides is 1. The zero-order valence-corrected chi connectivity index (χ0v) is 13.6. The van der Waals surface area contributed by atoms with Crippen molar-refractivity contribution in [1.82, 2.24) is 15.1 Å². The van der Waals surface area contributed by atoms with E-state index < -0.39 is 6.10 Å². The van der Waals surface area contributed by atoms with Gasteiger partial charge in [0.05, 0.1) is 17.4 Å². The predicted molar refractivity (Wildman–Crippen MR) is 89.0 cm³/mol. The minimum Gasteiger partial charge on any atom is -0.466 e. The van der Waals surface area contributed by atoms with Crippen LogP contribution in [0.3, 0.4) is 0 Å². The molecule has 1 aromatic carbocycles. The van der Waals surface area contributed by atoms with Crippen LogP contribution in [0.5, 0.6) is 0 Å². The van der Waals surface area contributed by atoms with Gasteiger partial charge >= 0.3 is 0 Å². The first kappa shape index (κ1) is 16.0. The molecule has 0 saturated heterocycles. The Bertz CT molecular complexity index is 820. The minimum absolute atomic E-state index is 0.129. The zero-order valence-electron chi connectivity index (χ0n) is 13.6. The number of benzene rings is 1. The lowest BCUT2D eigenvalue weighted by Gasteiger charge is -2.13. The molecule has 0 fully saturated rings. The van der Waals surface area contributed by atoms with Crippen LogP contribution in [-0.2, 0) is 0 Å². The van der Waals surface area contributed by atoms with Crippen LogP contribution in [0.15, 0.2) is 53.2 Å². The number of aliphatic hydroxyl groups excluding tert-OH is 1. The van der Waals surface area contributed by atoms with E-state index >= 15 is 0 Å². The SMILES string of the molecule is Cc1cc(C(=O)NCC(O)c2ccc(-n3cccn3)cc2)c(C)o1. The van der Waals surface area contributed by atoms with Crippen molar-refractivity contribution in [3.8, 4) is 5.69 Å². The molecule has 6 nitrogen and oxygen atoms in total. The van der Waals surface area contributed by atoms with E-state index in [2.05, 4.69) is 10.4 Å². The van der Waals surface area contributed by atoms with E-state index in [4.69, 9.17) is 4.42 Å². The van der Waals surface area contributed by atoms with Crippen molar-refractivity contribution >= 4 is 5.91 Å². The lowest BCUT2D eigenvalue weighted by molar-refractivity contribution is 0.0915. The van der Waals surface area contributed by atoms with Gasteiger partial charge in [-0.3, -0.25) is 4.79 Å². The Morgan fingerprint density at radius 3 is 2.67 bits per heavy atom. The largest absolute Gasteiger partial charge is 0.466 e. The fraction of sp³-hybridized carbons (Fsp3) is 0.222. The molecule has 2 aromatic heterocycles. The topological polar surface area (TPSA) is 80.3 Å². The predicted octanol–water partition coefficient (Wildman–Crippen LogP) is 2.55. The summed E-state index contributed by atoms with van der Waals surface area (Å²) in [4.78, 5) is 12.1. The molecule has 0 spiro atoms. The van der Waals surface area contributed by atoms with E-state index in [9.17, 15) is 9.90 Å². The van der Waals surface area contributed by atoms with Crippen molar-refractivity contribution in [2.75, 3.05) is 6.54 Å². The molecule has 3 aromatic rings. The fourth-order valence-electron chi connectivity index (χ4n) is 2.53. The van der Waals surface area contributed by atoms with Crippen molar-refractivity contribution in [3.05, 3.63) is 71.4 Å². The maximum absolute atomic E-state index is 12.1. The van der Waals surface area contributed by atoms with Gasteiger partial charge in [0.15, 0.2) is 0 Å². The van der Waals surface area contributed by atoms with Crippen LogP contribution in [0.4, 0.5) is 0 Å². The molecule has 1 unspecified atom stereocenters. The molecule has 6 heteroatoms. The Hall–Kier alpha value is -2.86. The van der Waals surface area contributed by atoms with Gasteiger partial charge in [0, 0.05) is 18.9 Å². The third-order valence-corrected chi connectivity index (χ3v) is 3.79. The number of furan rings is 1. The van der Waals surface area contributed by atoms with Gasteiger partial charge in [-0.1, -0.05) is 12.1 Å². The van der Waals surface area contributed by atoms with Crippen molar-refractivity contribution < 1.29 is 14.3 Å². The second-order valence-corrected chi connectivity index (χ2v) is 5.59. The molecule has 1 amide bonds. The minimum atomic E-state index is -0.783. The number of aromatic nitrogens is 2. The Morgan fingerprint density at radius 2 is 2.08 bits per heavy atom. The molecule has 1 atom stereocenters. The monoisotopic (exact) mass is 325 g/mol. The molecule has 2 heterocycles. The second kappa shape index (κ2) is 6.72. The van der Waals surface area contributed by atoms with E-state index in [1.807, 2.05) is 36.5 Å². The molecular weight excluding hydrogens is 306 g/mol. The quantitative estimate of drug-likeness (QED) is 0.755. The summed E-state index contributed by atoms with van der Waals surface area (Å²) in [7, 11) is 0. The molecule has 0 aliphatic carbocycles. The van der Waals surface area contributed by atoms with E-state index in [-0.39, 0.29) is 12.5 Å². The molecule has 0 aliphatic rings. The number of hydrogen-bond donors (Lipinski definition) is 2. The maximum atomic E-state index is 12.1. The molecule has 0 saturated carbocycles. The molecule has 24 heavy (non-hydrogen) atoms. The van der Waals surface area contributed by atoms with Crippen LogP contribution in [-0.4, -0.2) is 27.3 Å². The third kappa shape index (κ3) is 3.38. The van der Waals surface area contributed by atoms with Gasteiger partial charge in [0.25, 0.3) is 5.91 Å². The van der Waals surface area contributed by atoms with Crippen LogP contribution >= 0.6 is 0 Å². The van der Waals surface area contributed by atoms with E-state index in [1.54, 1.807) is 30.8 Å². The molecule has 3 rings (SSSR count). The molecule has 0 bridgehead atoms. The summed E-state index contributed by atoms with van der Waals surface area (Å²) in [6.45, 7) is 3.66. The maximum Gasteiger partial charge on any atom is 0.254 e. The van der Waals surface area contributed by atoms with Gasteiger partial charge < -0.3 is 14.8 Å². The zero-order chi connectivity index (χ0) is 17.1. The van der Waals surface area contributed by atoms with Crippen LogP contribution < -0.4 is 5.32 Å². The first-order chi connectivity index (χ1) is 11.5. The summed E-state index contributed by atoms with van der Waals surface area (Å²) in [5.74, 6) is 1.01. The number of nitrogens with one attached hydrogen (secondary N) is 1. The van der Waals surface area contributed by atoms with Gasteiger partial charge in [-0.2, -0.15) is 5.10 Å². The number of aliphatic hydroxyl groups is 1. The normalized spacial score (nSPS) is 12.1. The van der Waals surface area contributed by atoms with E-state index in [0.29, 0.717) is 17.1 Å². The number of nitrogens with zero attached hydrogens (tertiary/aromatic N) is 2. The first-order valence-electron chi connectivity index (χ1n) is 7.68. The summed E-state index contributed by atoms with van der Waals surface area (Å²) < 4.78 is 7.08. The highest BCUT2D eigenvalue weighted by Gasteiger charge is 2.15. The number of aryl methyl sites for hydroxylation is 2. The van der Waals surface area contributed by atoms with Crippen molar-refractivity contribution in [2.45, 2.75) is 20.0 Å². The highest BCUT2D eigenvalue weighted by atomic mass is 16.3. The van der Waals surface area contributed by atoms with Crippen LogP contribution in [0.25, 0.3) is 5.69 Å². The highest BCUT2D eigenvalue weighted by molar-refractivity contribution is 5.95. The summed E-state index contributed by atoms with van der Waals surface area (Å²) in [6, 6.07) is 10.9. The fourth-order valence-corrected chi connectivity index (χ4v) is 2.53. The van der Waals surface area contributed by atoms with Gasteiger partial charge in [-0.25, -0.2) is 4.68 Å². The lowest BCUT2D eigenvalue weighted by atomic mass is 10.1. The van der Waals surface area contributed by atoms with Crippen LogP contribution in [0.1, 0.15) is 33.5 Å². The average molecular weight is 325 g/mol. The Morgan fingerprint density at radius 1 is 1.33 bits per heavy atom. The summed E-state index contributed by atoms with van der Waals surface area (Å²) in [5.41, 5.74) is 2.13. The van der Waals surface area contributed by atoms with Gasteiger partial charge in [0.1, 0.15) is 11.5 Å². The number of hydrogen-bond acceptors (Lipinski definition) is 4. The van der Waals surface area contributed by atoms with Crippen LogP contribution in [0, 0.1) is 13.8 Å². The van der Waals surface area contributed by atoms with Gasteiger partial charge in [-0.15, -0.1) is 0 Å². The van der Waals surface area contributed by atoms with E-state index in [0.717, 1.165) is 11.3 Å². The molecule has 0 aliphatic heterocycles. The first-order valence-corrected chi connectivity index (χ1v) is 7.68. The smallest absolute Gasteiger partial charge is 0.254 e. The Balaban J connectivity index is 1.61.